The number of nitrogens with zero attached hydrogens (tertiary/aromatic N) is 4. The molecule has 0 saturated carbocycles. The van der Waals surface area contributed by atoms with Crippen LogP contribution in [-0.4, -0.2) is 27.7 Å². The van der Waals surface area contributed by atoms with Gasteiger partial charge in [0.15, 0.2) is 0 Å². The third-order valence-corrected chi connectivity index (χ3v) is 2.64. The van der Waals surface area contributed by atoms with Crippen LogP contribution in [0.4, 0.5) is 11.8 Å². The molecule has 0 atom stereocenters. The van der Waals surface area contributed by atoms with Crippen molar-refractivity contribution in [1.82, 2.24) is 15.0 Å². The number of aliphatic imine (C=N–C) groups is 1. The van der Waals surface area contributed by atoms with Crippen LogP contribution in [0.2, 0.25) is 5.02 Å². The standard InChI is InChI=1S/C11H11ClN8/c12-7-5-17-10-8(7)9(15)19-11(20-10)18-6(3-14)4-16-2-1-13/h3-5H,2,14H2,(H4,15,17,18,19,20). The summed E-state index contributed by atoms with van der Waals surface area (Å²) in [5.74, 6) is 0.489. The fourth-order valence-corrected chi connectivity index (χ4v) is 1.75. The van der Waals surface area contributed by atoms with Crippen molar-refractivity contribution >= 4 is 40.6 Å². The van der Waals surface area contributed by atoms with E-state index in [4.69, 9.17) is 28.3 Å². The number of rotatable bonds is 4. The zero-order valence-corrected chi connectivity index (χ0v) is 11.0. The Morgan fingerprint density at radius 2 is 2.40 bits per heavy atom. The number of H-pyrrole nitrogens is 1. The first-order chi connectivity index (χ1) is 9.65. The van der Waals surface area contributed by atoms with Crippen molar-refractivity contribution in [2.45, 2.75) is 0 Å². The minimum atomic E-state index is 0.0350. The predicted molar refractivity (Wildman–Crippen MR) is 78.2 cm³/mol. The summed E-state index contributed by atoms with van der Waals surface area (Å²) >= 11 is 5.95. The van der Waals surface area contributed by atoms with E-state index in [0.717, 1.165) is 0 Å². The van der Waals surface area contributed by atoms with Gasteiger partial charge in [0, 0.05) is 18.6 Å². The van der Waals surface area contributed by atoms with E-state index in [1.807, 2.05) is 6.07 Å². The lowest BCUT2D eigenvalue weighted by atomic mass is 10.4. The van der Waals surface area contributed by atoms with E-state index in [2.05, 4.69) is 25.3 Å². The van der Waals surface area contributed by atoms with Crippen LogP contribution < -0.4 is 16.8 Å². The smallest absolute Gasteiger partial charge is 0.231 e. The lowest BCUT2D eigenvalue weighted by molar-refractivity contribution is 1.18. The fraction of sp³-hybridized carbons (Fsp3) is 0.0909. The molecule has 0 amide bonds. The third-order valence-electron chi connectivity index (χ3n) is 2.34. The molecule has 0 unspecified atom stereocenters. The molecular weight excluding hydrogens is 280 g/mol. The summed E-state index contributed by atoms with van der Waals surface area (Å²) < 4.78 is 0. The van der Waals surface area contributed by atoms with Crippen LogP contribution in [0, 0.1) is 11.3 Å². The molecule has 102 valence electrons. The first-order valence-electron chi connectivity index (χ1n) is 5.51. The summed E-state index contributed by atoms with van der Waals surface area (Å²) in [5, 5.41) is 12.3. The highest BCUT2D eigenvalue weighted by Gasteiger charge is 2.10. The summed E-state index contributed by atoms with van der Waals surface area (Å²) in [5.41, 5.74) is 12.2. The molecule has 2 heterocycles. The number of hydrogen-bond donors (Lipinski definition) is 4. The number of nitrogens with one attached hydrogen (secondary N) is 2. The maximum Gasteiger partial charge on any atom is 0.231 e. The summed E-state index contributed by atoms with van der Waals surface area (Å²) in [6.45, 7) is 0.0350. The number of halogens is 1. The van der Waals surface area contributed by atoms with E-state index in [0.29, 0.717) is 21.8 Å². The zero-order chi connectivity index (χ0) is 14.5. The van der Waals surface area contributed by atoms with Gasteiger partial charge in [0.2, 0.25) is 5.95 Å². The van der Waals surface area contributed by atoms with Gasteiger partial charge in [-0.15, -0.1) is 0 Å². The predicted octanol–water partition coefficient (Wildman–Crippen LogP) is 1.000. The molecule has 0 aliphatic carbocycles. The summed E-state index contributed by atoms with van der Waals surface area (Å²) in [6.07, 6.45) is 4.27. The largest absolute Gasteiger partial charge is 0.403 e. The van der Waals surface area contributed by atoms with E-state index in [1.165, 1.54) is 12.4 Å². The number of aromatic nitrogens is 3. The molecule has 0 fully saturated rings. The normalized spacial score (nSPS) is 11.9. The number of fused-ring (bicyclic) bond motifs is 1. The number of anilines is 2. The number of nitrogen functional groups attached to an aromatic ring is 1. The average Bonchev–Trinajstić information content (AvgIpc) is 2.80. The van der Waals surface area contributed by atoms with Gasteiger partial charge in [-0.25, -0.2) is 0 Å². The third kappa shape index (κ3) is 2.78. The van der Waals surface area contributed by atoms with Crippen LogP contribution >= 0.6 is 11.6 Å². The van der Waals surface area contributed by atoms with E-state index < -0.39 is 0 Å². The van der Waals surface area contributed by atoms with Crippen LogP contribution in [0.1, 0.15) is 0 Å². The van der Waals surface area contributed by atoms with Crippen molar-refractivity contribution in [3.63, 3.8) is 0 Å². The Morgan fingerprint density at radius 3 is 3.10 bits per heavy atom. The van der Waals surface area contributed by atoms with Crippen molar-refractivity contribution < 1.29 is 0 Å². The molecule has 2 aromatic heterocycles. The van der Waals surface area contributed by atoms with Crippen LogP contribution in [0.3, 0.4) is 0 Å². The zero-order valence-electron chi connectivity index (χ0n) is 10.3. The second-order valence-corrected chi connectivity index (χ2v) is 4.07. The Balaban J connectivity index is 2.28. The van der Waals surface area contributed by atoms with Gasteiger partial charge in [-0.2, -0.15) is 15.2 Å². The molecule has 6 N–H and O–H groups in total. The molecule has 9 heteroatoms. The Bertz CT molecular complexity index is 724. The van der Waals surface area contributed by atoms with Gasteiger partial charge in [0.25, 0.3) is 0 Å². The number of aromatic amines is 1. The minimum absolute atomic E-state index is 0.0350. The molecule has 0 bridgehead atoms. The molecule has 8 nitrogen and oxygen atoms in total. The monoisotopic (exact) mass is 290 g/mol. The Morgan fingerprint density at radius 1 is 1.60 bits per heavy atom. The second kappa shape index (κ2) is 5.90. The summed E-state index contributed by atoms with van der Waals surface area (Å²) in [7, 11) is 0. The molecule has 20 heavy (non-hydrogen) atoms. The van der Waals surface area contributed by atoms with Crippen LogP contribution in [0.5, 0.6) is 0 Å². The molecule has 0 aliphatic heterocycles. The molecule has 0 spiro atoms. The molecule has 0 aliphatic rings. The highest BCUT2D eigenvalue weighted by atomic mass is 35.5. The molecule has 0 saturated heterocycles. The summed E-state index contributed by atoms with van der Waals surface area (Å²) in [4.78, 5) is 15.0. The van der Waals surface area contributed by atoms with Gasteiger partial charge in [0.05, 0.1) is 22.2 Å². The SMILES string of the molecule is N#CCN=CC(=CN)Nc1nc(N)c2c(Cl)c[nH]c2n1. The highest BCUT2D eigenvalue weighted by molar-refractivity contribution is 6.36. The van der Waals surface area contributed by atoms with E-state index in [1.54, 1.807) is 6.20 Å². The number of nitrogens with two attached hydrogens (primary N) is 2. The molecule has 2 aromatic rings. The van der Waals surface area contributed by atoms with Crippen LogP contribution in [-0.2, 0) is 0 Å². The van der Waals surface area contributed by atoms with Gasteiger partial charge in [-0.1, -0.05) is 11.6 Å². The molecule has 0 radical (unpaired) electrons. The first kappa shape index (κ1) is 13.6. The minimum Gasteiger partial charge on any atom is -0.403 e. The quantitative estimate of drug-likeness (QED) is 0.489. The maximum absolute atomic E-state index is 8.41. The van der Waals surface area contributed by atoms with Gasteiger partial charge >= 0.3 is 0 Å². The molecular formula is C11H11ClN8. The number of allylic oxidation sites excluding steroid dienone is 1. The molecule has 2 rings (SSSR count). The van der Waals surface area contributed by atoms with E-state index >= 15 is 0 Å². The van der Waals surface area contributed by atoms with Gasteiger partial charge in [-0.3, -0.25) is 4.99 Å². The van der Waals surface area contributed by atoms with Gasteiger partial charge in [0.1, 0.15) is 18.0 Å². The highest BCUT2D eigenvalue weighted by Crippen LogP contribution is 2.26. The Hall–Kier alpha value is -2.79. The molecule has 0 aromatic carbocycles. The topological polar surface area (TPSA) is 142 Å². The van der Waals surface area contributed by atoms with Crippen LogP contribution in [0.25, 0.3) is 11.0 Å². The number of nitriles is 1. The van der Waals surface area contributed by atoms with Crippen LogP contribution in [0.15, 0.2) is 23.1 Å². The lowest BCUT2D eigenvalue weighted by Crippen LogP contribution is -2.08. The van der Waals surface area contributed by atoms with Crippen molar-refractivity contribution in [1.29, 1.82) is 5.26 Å². The number of hydrogen-bond acceptors (Lipinski definition) is 7. The maximum atomic E-state index is 8.41. The lowest BCUT2D eigenvalue weighted by Gasteiger charge is -2.05. The van der Waals surface area contributed by atoms with Gasteiger partial charge < -0.3 is 21.8 Å². The summed E-state index contributed by atoms with van der Waals surface area (Å²) in [6, 6.07) is 1.88. The Labute approximate surface area is 119 Å². The first-order valence-corrected chi connectivity index (χ1v) is 5.89. The second-order valence-electron chi connectivity index (χ2n) is 3.67. The average molecular weight is 291 g/mol. The van der Waals surface area contributed by atoms with Crippen molar-refractivity contribution in [2.75, 3.05) is 17.6 Å². The van der Waals surface area contributed by atoms with Crippen molar-refractivity contribution in [3.05, 3.63) is 23.1 Å². The fourth-order valence-electron chi connectivity index (χ4n) is 1.51. The Kier molecular flexibility index (Phi) is 4.02. The van der Waals surface area contributed by atoms with Crippen molar-refractivity contribution in [3.8, 4) is 6.07 Å². The van der Waals surface area contributed by atoms with Gasteiger partial charge in [-0.05, 0) is 0 Å². The van der Waals surface area contributed by atoms with E-state index in [9.17, 15) is 0 Å². The van der Waals surface area contributed by atoms with Crippen molar-refractivity contribution in [2.24, 2.45) is 10.7 Å². The van der Waals surface area contributed by atoms with E-state index in [-0.39, 0.29) is 18.3 Å².